The highest BCUT2D eigenvalue weighted by molar-refractivity contribution is 9.11. The van der Waals surface area contributed by atoms with Crippen LogP contribution in [0, 0.1) is 6.92 Å². The van der Waals surface area contributed by atoms with Crippen LogP contribution in [0.1, 0.15) is 36.8 Å². The number of halogens is 1. The minimum Gasteiger partial charge on any atom is -0.310 e. The number of aryl methyl sites for hydroxylation is 2. The number of thiophene rings is 1. The minimum absolute atomic E-state index is 0.356. The molecule has 104 valence electrons. The zero-order valence-corrected chi connectivity index (χ0v) is 14.0. The standard InChI is InChI=1S/C14H20BrN3S/c1-4-16-13(11-7-14(15)19-9-11)8-12-6-10(3)17-18(12)5-2/h6-7,9,13,16H,4-5,8H2,1-3H3. The van der Waals surface area contributed by atoms with E-state index in [9.17, 15) is 0 Å². The van der Waals surface area contributed by atoms with Crippen LogP contribution < -0.4 is 5.32 Å². The molecular formula is C14H20BrN3S. The maximum Gasteiger partial charge on any atom is 0.0701 e. The highest BCUT2D eigenvalue weighted by Crippen LogP contribution is 2.27. The lowest BCUT2D eigenvalue weighted by Crippen LogP contribution is -2.23. The van der Waals surface area contributed by atoms with Gasteiger partial charge in [-0.3, -0.25) is 4.68 Å². The average molecular weight is 342 g/mol. The molecule has 0 amide bonds. The van der Waals surface area contributed by atoms with Crippen LogP contribution in [-0.2, 0) is 13.0 Å². The van der Waals surface area contributed by atoms with Crippen LogP contribution in [0.25, 0.3) is 0 Å². The molecular weight excluding hydrogens is 322 g/mol. The van der Waals surface area contributed by atoms with E-state index in [1.807, 2.05) is 0 Å². The third-order valence-electron chi connectivity index (χ3n) is 3.14. The Morgan fingerprint density at radius 3 is 2.79 bits per heavy atom. The quantitative estimate of drug-likeness (QED) is 0.862. The number of nitrogens with zero attached hydrogens (tertiary/aromatic N) is 2. The SMILES string of the molecule is CCNC(Cc1cc(C)nn1CC)c1csc(Br)c1. The van der Waals surface area contributed by atoms with Crippen LogP contribution in [-0.4, -0.2) is 16.3 Å². The minimum atomic E-state index is 0.356. The molecule has 2 aromatic heterocycles. The van der Waals surface area contributed by atoms with E-state index in [0.717, 1.165) is 25.2 Å². The fourth-order valence-corrected chi connectivity index (χ4v) is 3.54. The Labute approximate surface area is 127 Å². The van der Waals surface area contributed by atoms with Crippen molar-refractivity contribution in [2.24, 2.45) is 0 Å². The lowest BCUT2D eigenvalue weighted by molar-refractivity contribution is 0.517. The summed E-state index contributed by atoms with van der Waals surface area (Å²) in [5.74, 6) is 0. The van der Waals surface area contributed by atoms with Crippen LogP contribution in [0.2, 0.25) is 0 Å². The van der Waals surface area contributed by atoms with Crippen molar-refractivity contribution >= 4 is 27.3 Å². The lowest BCUT2D eigenvalue weighted by atomic mass is 10.0. The molecule has 0 saturated carbocycles. The summed E-state index contributed by atoms with van der Waals surface area (Å²) in [5, 5.41) is 10.3. The van der Waals surface area contributed by atoms with Gasteiger partial charge < -0.3 is 5.32 Å². The number of rotatable bonds is 6. The zero-order valence-electron chi connectivity index (χ0n) is 11.6. The van der Waals surface area contributed by atoms with Crippen LogP contribution in [0.4, 0.5) is 0 Å². The summed E-state index contributed by atoms with van der Waals surface area (Å²) < 4.78 is 3.28. The van der Waals surface area contributed by atoms with Crippen molar-refractivity contribution < 1.29 is 0 Å². The fourth-order valence-electron chi connectivity index (χ4n) is 2.31. The fraction of sp³-hybridized carbons (Fsp3) is 0.500. The molecule has 1 atom stereocenters. The predicted octanol–water partition coefficient (Wildman–Crippen LogP) is 3.93. The predicted molar refractivity (Wildman–Crippen MR) is 84.8 cm³/mol. The number of hydrogen-bond acceptors (Lipinski definition) is 3. The number of aromatic nitrogens is 2. The summed E-state index contributed by atoms with van der Waals surface area (Å²) in [6.07, 6.45) is 0.978. The highest BCUT2D eigenvalue weighted by atomic mass is 79.9. The van der Waals surface area contributed by atoms with E-state index in [4.69, 9.17) is 0 Å². The average Bonchev–Trinajstić information content (AvgIpc) is 2.95. The normalized spacial score (nSPS) is 12.8. The van der Waals surface area contributed by atoms with Gasteiger partial charge in [0, 0.05) is 24.7 Å². The number of likely N-dealkylation sites (N-methyl/N-ethyl adjacent to an activating group) is 1. The van der Waals surface area contributed by atoms with E-state index in [0.29, 0.717) is 6.04 Å². The first-order valence-electron chi connectivity index (χ1n) is 6.64. The van der Waals surface area contributed by atoms with Crippen molar-refractivity contribution in [2.75, 3.05) is 6.54 Å². The molecule has 1 unspecified atom stereocenters. The van der Waals surface area contributed by atoms with Gasteiger partial charge in [0.2, 0.25) is 0 Å². The van der Waals surface area contributed by atoms with E-state index < -0.39 is 0 Å². The summed E-state index contributed by atoms with van der Waals surface area (Å²) in [6.45, 7) is 8.24. The lowest BCUT2D eigenvalue weighted by Gasteiger charge is -2.17. The summed E-state index contributed by atoms with van der Waals surface area (Å²) in [6, 6.07) is 4.75. The molecule has 0 saturated heterocycles. The topological polar surface area (TPSA) is 29.9 Å². The molecule has 0 aromatic carbocycles. The Morgan fingerprint density at radius 2 is 2.21 bits per heavy atom. The maximum atomic E-state index is 4.52. The van der Waals surface area contributed by atoms with Crippen LogP contribution in [0.3, 0.4) is 0 Å². The van der Waals surface area contributed by atoms with Gasteiger partial charge in [-0.15, -0.1) is 11.3 Å². The van der Waals surface area contributed by atoms with E-state index in [1.165, 1.54) is 15.0 Å². The van der Waals surface area contributed by atoms with Crippen LogP contribution in [0.5, 0.6) is 0 Å². The Kier molecular flexibility index (Phi) is 5.19. The molecule has 0 spiro atoms. The second-order valence-electron chi connectivity index (χ2n) is 4.59. The van der Waals surface area contributed by atoms with Crippen molar-refractivity contribution in [3.63, 3.8) is 0 Å². The second kappa shape index (κ2) is 6.68. The summed E-state index contributed by atoms with van der Waals surface area (Å²) in [5.41, 5.74) is 3.74. The van der Waals surface area contributed by atoms with Crippen LogP contribution in [0.15, 0.2) is 21.3 Å². The molecule has 0 aliphatic carbocycles. The van der Waals surface area contributed by atoms with Crippen molar-refractivity contribution in [3.05, 3.63) is 38.3 Å². The van der Waals surface area contributed by atoms with E-state index in [1.54, 1.807) is 11.3 Å². The molecule has 2 heterocycles. The summed E-state index contributed by atoms with van der Waals surface area (Å²) in [4.78, 5) is 0. The molecule has 1 N–H and O–H groups in total. The van der Waals surface area contributed by atoms with Gasteiger partial charge in [0.05, 0.1) is 9.48 Å². The van der Waals surface area contributed by atoms with Gasteiger partial charge in [-0.25, -0.2) is 0 Å². The molecule has 0 bridgehead atoms. The maximum absolute atomic E-state index is 4.52. The molecule has 0 radical (unpaired) electrons. The third kappa shape index (κ3) is 3.68. The van der Waals surface area contributed by atoms with Gasteiger partial charge in [0.15, 0.2) is 0 Å². The first-order valence-corrected chi connectivity index (χ1v) is 8.32. The first kappa shape index (κ1) is 14.8. The van der Waals surface area contributed by atoms with E-state index in [-0.39, 0.29) is 0 Å². The van der Waals surface area contributed by atoms with Crippen molar-refractivity contribution in [3.8, 4) is 0 Å². The molecule has 0 aliphatic rings. The van der Waals surface area contributed by atoms with Crippen molar-refractivity contribution in [1.29, 1.82) is 0 Å². The van der Waals surface area contributed by atoms with Gasteiger partial charge in [-0.05, 0) is 59.4 Å². The number of hydrogen-bond donors (Lipinski definition) is 1. The highest BCUT2D eigenvalue weighted by Gasteiger charge is 2.15. The number of nitrogens with one attached hydrogen (secondary N) is 1. The summed E-state index contributed by atoms with van der Waals surface area (Å²) in [7, 11) is 0. The Morgan fingerprint density at radius 1 is 1.42 bits per heavy atom. The van der Waals surface area contributed by atoms with Crippen LogP contribution >= 0.6 is 27.3 Å². The molecule has 2 aromatic rings. The van der Waals surface area contributed by atoms with Gasteiger partial charge in [-0.1, -0.05) is 6.92 Å². The van der Waals surface area contributed by atoms with Gasteiger partial charge >= 0.3 is 0 Å². The third-order valence-corrected chi connectivity index (χ3v) is 4.66. The molecule has 3 nitrogen and oxygen atoms in total. The van der Waals surface area contributed by atoms with Crippen molar-refractivity contribution in [1.82, 2.24) is 15.1 Å². The largest absolute Gasteiger partial charge is 0.310 e. The molecule has 0 aliphatic heterocycles. The van der Waals surface area contributed by atoms with Gasteiger partial charge in [0.25, 0.3) is 0 Å². The Bertz CT molecular complexity index is 533. The molecule has 5 heteroatoms. The molecule has 0 fully saturated rings. The smallest absolute Gasteiger partial charge is 0.0701 e. The van der Waals surface area contributed by atoms with E-state index >= 15 is 0 Å². The Hall–Kier alpha value is -0.650. The molecule has 19 heavy (non-hydrogen) atoms. The van der Waals surface area contributed by atoms with Gasteiger partial charge in [0.1, 0.15) is 0 Å². The second-order valence-corrected chi connectivity index (χ2v) is 6.88. The summed E-state index contributed by atoms with van der Waals surface area (Å²) >= 11 is 5.28. The van der Waals surface area contributed by atoms with Gasteiger partial charge in [-0.2, -0.15) is 5.10 Å². The zero-order chi connectivity index (χ0) is 13.8. The monoisotopic (exact) mass is 341 g/mol. The Balaban J connectivity index is 2.20. The molecule has 2 rings (SSSR count). The first-order chi connectivity index (χ1) is 9.13. The van der Waals surface area contributed by atoms with Crippen molar-refractivity contribution in [2.45, 2.75) is 39.8 Å². The van der Waals surface area contributed by atoms with E-state index in [2.05, 4.69) is 69.3 Å².